The van der Waals surface area contributed by atoms with Crippen LogP contribution in [-0.4, -0.2) is 11.1 Å². The Morgan fingerprint density at radius 2 is 2.00 bits per heavy atom. The zero-order chi connectivity index (χ0) is 15.6. The molecule has 1 aromatic heterocycles. The van der Waals surface area contributed by atoms with Gasteiger partial charge in [-0.25, -0.2) is 0 Å². The van der Waals surface area contributed by atoms with Crippen LogP contribution in [-0.2, 0) is 6.42 Å². The van der Waals surface area contributed by atoms with Crippen molar-refractivity contribution in [2.75, 3.05) is 0 Å². The van der Waals surface area contributed by atoms with Gasteiger partial charge in [0.25, 0.3) is 5.91 Å². The maximum atomic E-state index is 12.4. The SMILES string of the molecule is CCc1noc(C)c1C(=O)N[C@@H](C)c1ccc(C)c(C)c1. The molecule has 0 unspecified atom stereocenters. The van der Waals surface area contributed by atoms with E-state index in [1.165, 1.54) is 11.1 Å². The van der Waals surface area contributed by atoms with Crippen molar-refractivity contribution < 1.29 is 9.32 Å². The van der Waals surface area contributed by atoms with Gasteiger partial charge in [0.05, 0.1) is 11.7 Å². The van der Waals surface area contributed by atoms with Crippen LogP contribution in [0, 0.1) is 20.8 Å². The van der Waals surface area contributed by atoms with Crippen LogP contribution in [0.3, 0.4) is 0 Å². The molecule has 0 saturated carbocycles. The summed E-state index contributed by atoms with van der Waals surface area (Å²) in [6, 6.07) is 6.18. The molecule has 1 heterocycles. The number of carbonyl (C=O) groups is 1. The van der Waals surface area contributed by atoms with E-state index in [0.717, 1.165) is 5.56 Å². The number of hydrogen-bond acceptors (Lipinski definition) is 3. The quantitative estimate of drug-likeness (QED) is 0.933. The van der Waals surface area contributed by atoms with Crippen LogP contribution in [0.5, 0.6) is 0 Å². The van der Waals surface area contributed by atoms with Crippen molar-refractivity contribution in [3.05, 3.63) is 51.9 Å². The van der Waals surface area contributed by atoms with Gasteiger partial charge in [0.2, 0.25) is 0 Å². The third-order valence-corrected chi connectivity index (χ3v) is 3.87. The molecule has 0 bridgehead atoms. The zero-order valence-corrected chi connectivity index (χ0v) is 13.3. The lowest BCUT2D eigenvalue weighted by atomic mass is 10.0. The standard InChI is InChI=1S/C17H22N2O2/c1-6-15-16(13(5)21-19-15)17(20)18-12(4)14-8-7-10(2)11(3)9-14/h7-9,12H,6H2,1-5H3,(H,18,20)/t12-/m0/s1. The summed E-state index contributed by atoms with van der Waals surface area (Å²) in [5.74, 6) is 0.438. The average Bonchev–Trinajstić information content (AvgIpc) is 2.82. The maximum Gasteiger partial charge on any atom is 0.257 e. The Labute approximate surface area is 125 Å². The zero-order valence-electron chi connectivity index (χ0n) is 13.3. The number of aryl methyl sites for hydroxylation is 4. The highest BCUT2D eigenvalue weighted by atomic mass is 16.5. The van der Waals surface area contributed by atoms with Gasteiger partial charge in [-0.1, -0.05) is 30.3 Å². The fraction of sp³-hybridized carbons (Fsp3) is 0.412. The molecular weight excluding hydrogens is 264 g/mol. The normalized spacial score (nSPS) is 12.2. The molecule has 0 aliphatic rings. The van der Waals surface area contributed by atoms with Gasteiger partial charge in [-0.15, -0.1) is 0 Å². The van der Waals surface area contributed by atoms with Crippen LogP contribution < -0.4 is 5.32 Å². The Kier molecular flexibility index (Phi) is 4.46. The summed E-state index contributed by atoms with van der Waals surface area (Å²) in [6.45, 7) is 9.86. The van der Waals surface area contributed by atoms with Gasteiger partial charge in [-0.05, 0) is 50.8 Å². The molecule has 4 nitrogen and oxygen atoms in total. The van der Waals surface area contributed by atoms with Gasteiger partial charge < -0.3 is 9.84 Å². The predicted molar refractivity (Wildman–Crippen MR) is 82.4 cm³/mol. The second-order valence-electron chi connectivity index (χ2n) is 5.45. The molecule has 2 rings (SSSR count). The molecule has 4 heteroatoms. The monoisotopic (exact) mass is 286 g/mol. The van der Waals surface area contributed by atoms with E-state index in [0.29, 0.717) is 23.4 Å². The Balaban J connectivity index is 2.18. The molecule has 1 atom stereocenters. The molecule has 21 heavy (non-hydrogen) atoms. The summed E-state index contributed by atoms with van der Waals surface area (Å²) in [7, 11) is 0. The van der Waals surface area contributed by atoms with Crippen LogP contribution in [0.2, 0.25) is 0 Å². The minimum absolute atomic E-state index is 0.0594. The van der Waals surface area contributed by atoms with E-state index < -0.39 is 0 Å². The minimum Gasteiger partial charge on any atom is -0.361 e. The summed E-state index contributed by atoms with van der Waals surface area (Å²) in [5, 5.41) is 6.95. The van der Waals surface area contributed by atoms with Gasteiger partial charge in [0.15, 0.2) is 0 Å². The first-order valence-corrected chi connectivity index (χ1v) is 7.27. The lowest BCUT2D eigenvalue weighted by molar-refractivity contribution is 0.0937. The van der Waals surface area contributed by atoms with Gasteiger partial charge >= 0.3 is 0 Å². The number of carbonyl (C=O) groups excluding carboxylic acids is 1. The largest absolute Gasteiger partial charge is 0.361 e. The molecule has 0 aliphatic heterocycles. The summed E-state index contributed by atoms with van der Waals surface area (Å²) >= 11 is 0. The average molecular weight is 286 g/mol. The van der Waals surface area contributed by atoms with E-state index in [1.807, 2.05) is 13.8 Å². The third-order valence-electron chi connectivity index (χ3n) is 3.87. The van der Waals surface area contributed by atoms with Crippen LogP contribution in [0.4, 0.5) is 0 Å². The Morgan fingerprint density at radius 3 is 2.62 bits per heavy atom. The van der Waals surface area contributed by atoms with Crippen molar-refractivity contribution in [2.45, 2.75) is 47.1 Å². The lowest BCUT2D eigenvalue weighted by Crippen LogP contribution is -2.27. The third kappa shape index (κ3) is 3.15. The minimum atomic E-state index is -0.128. The second-order valence-corrected chi connectivity index (χ2v) is 5.45. The first-order valence-electron chi connectivity index (χ1n) is 7.27. The van der Waals surface area contributed by atoms with Crippen LogP contribution in [0.1, 0.15) is 58.4 Å². The van der Waals surface area contributed by atoms with E-state index in [1.54, 1.807) is 6.92 Å². The molecule has 0 spiro atoms. The molecule has 0 aliphatic carbocycles. The van der Waals surface area contributed by atoms with Crippen molar-refractivity contribution in [1.82, 2.24) is 10.5 Å². The molecule has 2 aromatic rings. The van der Waals surface area contributed by atoms with Crippen molar-refractivity contribution in [2.24, 2.45) is 0 Å². The molecule has 1 N–H and O–H groups in total. The molecular formula is C17H22N2O2. The first kappa shape index (κ1) is 15.3. The highest BCUT2D eigenvalue weighted by Crippen LogP contribution is 2.19. The number of hydrogen-bond donors (Lipinski definition) is 1. The summed E-state index contributed by atoms with van der Waals surface area (Å²) in [5.41, 5.74) is 4.84. The Bertz CT molecular complexity index is 659. The number of benzene rings is 1. The van der Waals surface area contributed by atoms with Crippen LogP contribution >= 0.6 is 0 Å². The van der Waals surface area contributed by atoms with Crippen LogP contribution in [0.25, 0.3) is 0 Å². The van der Waals surface area contributed by atoms with Crippen molar-refractivity contribution >= 4 is 5.91 Å². The summed E-state index contributed by atoms with van der Waals surface area (Å²) in [6.07, 6.45) is 0.679. The number of aromatic nitrogens is 1. The second kappa shape index (κ2) is 6.12. The number of rotatable bonds is 4. The summed E-state index contributed by atoms with van der Waals surface area (Å²) in [4.78, 5) is 12.4. The van der Waals surface area contributed by atoms with E-state index in [4.69, 9.17) is 4.52 Å². The topological polar surface area (TPSA) is 55.1 Å². The number of nitrogens with zero attached hydrogens (tertiary/aromatic N) is 1. The highest BCUT2D eigenvalue weighted by Gasteiger charge is 2.21. The van der Waals surface area contributed by atoms with E-state index in [2.05, 4.69) is 42.5 Å². The number of nitrogens with one attached hydrogen (secondary N) is 1. The first-order chi connectivity index (χ1) is 9.93. The van der Waals surface area contributed by atoms with Gasteiger partial charge in [0, 0.05) is 0 Å². The molecule has 1 amide bonds. The van der Waals surface area contributed by atoms with Crippen molar-refractivity contribution in [3.63, 3.8) is 0 Å². The van der Waals surface area contributed by atoms with Crippen molar-refractivity contribution in [3.8, 4) is 0 Å². The van der Waals surface area contributed by atoms with Crippen LogP contribution in [0.15, 0.2) is 22.7 Å². The van der Waals surface area contributed by atoms with Gasteiger partial charge in [0.1, 0.15) is 11.3 Å². The lowest BCUT2D eigenvalue weighted by Gasteiger charge is -2.15. The Hall–Kier alpha value is -2.10. The fourth-order valence-electron chi connectivity index (χ4n) is 2.34. The molecule has 112 valence electrons. The summed E-state index contributed by atoms with van der Waals surface area (Å²) < 4.78 is 5.12. The van der Waals surface area contributed by atoms with E-state index in [-0.39, 0.29) is 11.9 Å². The fourth-order valence-corrected chi connectivity index (χ4v) is 2.34. The van der Waals surface area contributed by atoms with Gasteiger partial charge in [-0.2, -0.15) is 0 Å². The number of amides is 1. The molecule has 0 saturated heterocycles. The smallest absolute Gasteiger partial charge is 0.257 e. The predicted octanol–water partition coefficient (Wildman–Crippen LogP) is 3.65. The molecule has 1 aromatic carbocycles. The molecule has 0 radical (unpaired) electrons. The highest BCUT2D eigenvalue weighted by molar-refractivity contribution is 5.96. The van der Waals surface area contributed by atoms with Crippen molar-refractivity contribution in [1.29, 1.82) is 0 Å². The van der Waals surface area contributed by atoms with E-state index >= 15 is 0 Å². The Morgan fingerprint density at radius 1 is 1.29 bits per heavy atom. The van der Waals surface area contributed by atoms with Gasteiger partial charge in [-0.3, -0.25) is 4.79 Å². The van der Waals surface area contributed by atoms with E-state index in [9.17, 15) is 4.79 Å². The maximum absolute atomic E-state index is 12.4. The molecule has 0 fully saturated rings.